The van der Waals surface area contributed by atoms with E-state index in [0.717, 1.165) is 0 Å². The predicted octanol–water partition coefficient (Wildman–Crippen LogP) is -0.832. The zero-order valence-electron chi connectivity index (χ0n) is 14.3. The number of methoxy groups -OCH3 is 2. The SMILES string of the molecule is COCCOCCC(=O)N[C@H](CC(N)=O)C(=O)C[C@@H](C)C(=O)OC. The molecule has 0 heterocycles. The number of ketones is 1. The van der Waals surface area contributed by atoms with Gasteiger partial charge >= 0.3 is 5.97 Å². The van der Waals surface area contributed by atoms with Gasteiger partial charge in [-0.1, -0.05) is 6.92 Å². The Balaban J connectivity index is 4.48. The number of esters is 1. The summed E-state index contributed by atoms with van der Waals surface area (Å²) < 4.78 is 14.5. The zero-order valence-corrected chi connectivity index (χ0v) is 14.3. The average molecular weight is 346 g/mol. The molecule has 2 atom stereocenters. The molecule has 0 bridgehead atoms. The van der Waals surface area contributed by atoms with Crippen LogP contribution >= 0.6 is 0 Å². The second-order valence-corrected chi connectivity index (χ2v) is 5.24. The van der Waals surface area contributed by atoms with Crippen LogP contribution in [0.25, 0.3) is 0 Å². The van der Waals surface area contributed by atoms with E-state index in [2.05, 4.69) is 10.1 Å². The maximum atomic E-state index is 12.2. The van der Waals surface area contributed by atoms with E-state index < -0.39 is 35.5 Å². The average Bonchev–Trinajstić information content (AvgIpc) is 2.52. The van der Waals surface area contributed by atoms with Crippen LogP contribution in [0.4, 0.5) is 0 Å². The predicted molar refractivity (Wildman–Crippen MR) is 83.9 cm³/mol. The van der Waals surface area contributed by atoms with Crippen molar-refractivity contribution in [3.8, 4) is 0 Å². The van der Waals surface area contributed by atoms with Gasteiger partial charge in [-0.25, -0.2) is 0 Å². The smallest absolute Gasteiger partial charge is 0.308 e. The molecule has 0 aliphatic heterocycles. The Morgan fingerprint density at radius 1 is 1.04 bits per heavy atom. The number of nitrogens with two attached hydrogens (primary N) is 1. The summed E-state index contributed by atoms with van der Waals surface area (Å²) in [5.41, 5.74) is 5.11. The van der Waals surface area contributed by atoms with Crippen LogP contribution in [0, 0.1) is 5.92 Å². The van der Waals surface area contributed by atoms with E-state index in [1.165, 1.54) is 21.1 Å². The summed E-state index contributed by atoms with van der Waals surface area (Å²) in [4.78, 5) is 46.5. The van der Waals surface area contributed by atoms with Crippen molar-refractivity contribution in [3.63, 3.8) is 0 Å². The molecule has 0 aromatic carbocycles. The molecule has 0 unspecified atom stereocenters. The van der Waals surface area contributed by atoms with E-state index in [0.29, 0.717) is 13.2 Å². The topological polar surface area (TPSA) is 134 Å². The Kier molecular flexibility index (Phi) is 11.4. The third-order valence-corrected chi connectivity index (χ3v) is 3.15. The molecule has 2 amide bonds. The highest BCUT2D eigenvalue weighted by molar-refractivity contribution is 5.94. The number of nitrogens with one attached hydrogen (secondary N) is 1. The minimum atomic E-state index is -1.07. The highest BCUT2D eigenvalue weighted by Gasteiger charge is 2.26. The first-order valence-corrected chi connectivity index (χ1v) is 7.56. The second-order valence-electron chi connectivity index (χ2n) is 5.24. The minimum Gasteiger partial charge on any atom is -0.469 e. The quantitative estimate of drug-likeness (QED) is 0.328. The maximum absolute atomic E-state index is 12.2. The van der Waals surface area contributed by atoms with E-state index in [1.807, 2.05) is 0 Å². The molecule has 24 heavy (non-hydrogen) atoms. The number of carbonyl (C=O) groups is 4. The van der Waals surface area contributed by atoms with Gasteiger partial charge in [0.1, 0.15) is 0 Å². The number of hydrogen-bond donors (Lipinski definition) is 2. The molecule has 0 saturated carbocycles. The van der Waals surface area contributed by atoms with Crippen LogP contribution in [0.3, 0.4) is 0 Å². The summed E-state index contributed by atoms with van der Waals surface area (Å²) in [5.74, 6) is -2.85. The molecular weight excluding hydrogens is 320 g/mol. The normalized spacial score (nSPS) is 13.0. The van der Waals surface area contributed by atoms with Gasteiger partial charge in [0, 0.05) is 20.0 Å². The summed E-state index contributed by atoms with van der Waals surface area (Å²) >= 11 is 0. The molecule has 9 nitrogen and oxygen atoms in total. The third kappa shape index (κ3) is 9.90. The van der Waals surface area contributed by atoms with Gasteiger partial charge in [-0.05, 0) is 0 Å². The van der Waals surface area contributed by atoms with Gasteiger partial charge in [0.25, 0.3) is 0 Å². The van der Waals surface area contributed by atoms with Crippen molar-refractivity contribution >= 4 is 23.6 Å². The molecule has 0 aliphatic rings. The van der Waals surface area contributed by atoms with E-state index in [-0.39, 0.29) is 25.9 Å². The van der Waals surface area contributed by atoms with Crippen molar-refractivity contribution in [2.24, 2.45) is 11.7 Å². The van der Waals surface area contributed by atoms with E-state index in [4.69, 9.17) is 15.2 Å². The van der Waals surface area contributed by atoms with Crippen LogP contribution in [0.5, 0.6) is 0 Å². The molecule has 9 heteroatoms. The molecule has 0 spiro atoms. The first kappa shape index (κ1) is 22.0. The lowest BCUT2D eigenvalue weighted by Gasteiger charge is -2.18. The molecule has 0 rings (SSSR count). The molecule has 0 aromatic heterocycles. The van der Waals surface area contributed by atoms with Crippen LogP contribution in [0.15, 0.2) is 0 Å². The van der Waals surface area contributed by atoms with Gasteiger partial charge in [0.05, 0.1) is 45.3 Å². The Morgan fingerprint density at radius 2 is 1.71 bits per heavy atom. The molecule has 0 aromatic rings. The summed E-state index contributed by atoms with van der Waals surface area (Å²) in [6.07, 6.45) is -0.461. The number of amides is 2. The monoisotopic (exact) mass is 346 g/mol. The van der Waals surface area contributed by atoms with Crippen LogP contribution in [0.2, 0.25) is 0 Å². The van der Waals surface area contributed by atoms with Gasteiger partial charge in [0.2, 0.25) is 11.8 Å². The lowest BCUT2D eigenvalue weighted by atomic mass is 9.98. The fourth-order valence-corrected chi connectivity index (χ4v) is 1.85. The largest absolute Gasteiger partial charge is 0.469 e. The summed E-state index contributed by atoms with van der Waals surface area (Å²) in [6.45, 7) is 2.45. The zero-order chi connectivity index (χ0) is 18.5. The molecule has 138 valence electrons. The van der Waals surface area contributed by atoms with Crippen molar-refractivity contribution in [2.75, 3.05) is 34.0 Å². The molecule has 0 saturated heterocycles. The molecule has 3 N–H and O–H groups in total. The van der Waals surface area contributed by atoms with Gasteiger partial charge in [-0.2, -0.15) is 0 Å². The summed E-state index contributed by atoms with van der Waals surface area (Å²) in [5, 5.41) is 2.45. The van der Waals surface area contributed by atoms with E-state index in [9.17, 15) is 19.2 Å². The standard InChI is InChI=1S/C15H26N2O7/c1-10(15(21)23-3)8-12(18)11(9-13(16)19)17-14(20)4-5-24-7-6-22-2/h10-11H,4-9H2,1-3H3,(H2,16,19)(H,17,20)/t10-,11-/m1/s1. The lowest BCUT2D eigenvalue weighted by molar-refractivity contribution is -0.146. The third-order valence-electron chi connectivity index (χ3n) is 3.15. The number of rotatable bonds is 13. The number of hydrogen-bond acceptors (Lipinski definition) is 7. The van der Waals surface area contributed by atoms with Gasteiger partial charge in [0.15, 0.2) is 5.78 Å². The number of primary amides is 1. The van der Waals surface area contributed by atoms with Crippen LogP contribution < -0.4 is 11.1 Å². The lowest BCUT2D eigenvalue weighted by Crippen LogP contribution is -2.44. The molecular formula is C15H26N2O7. The van der Waals surface area contributed by atoms with Crippen molar-refractivity contribution in [1.82, 2.24) is 5.32 Å². The molecule has 0 fully saturated rings. The highest BCUT2D eigenvalue weighted by Crippen LogP contribution is 2.09. The highest BCUT2D eigenvalue weighted by atomic mass is 16.5. The van der Waals surface area contributed by atoms with E-state index >= 15 is 0 Å². The summed E-state index contributed by atoms with van der Waals surface area (Å²) in [6, 6.07) is -1.07. The summed E-state index contributed by atoms with van der Waals surface area (Å²) in [7, 11) is 2.75. The van der Waals surface area contributed by atoms with Gasteiger partial charge in [-0.3, -0.25) is 19.2 Å². The first-order valence-electron chi connectivity index (χ1n) is 7.56. The Labute approximate surface area is 141 Å². The van der Waals surface area contributed by atoms with Crippen LogP contribution in [0.1, 0.15) is 26.2 Å². The first-order chi connectivity index (χ1) is 11.3. The number of ether oxygens (including phenoxy) is 3. The second kappa shape index (κ2) is 12.4. The number of Topliss-reactive ketones (excluding diaryl/α,β-unsaturated/α-hetero) is 1. The minimum absolute atomic E-state index is 0.0266. The maximum Gasteiger partial charge on any atom is 0.308 e. The fourth-order valence-electron chi connectivity index (χ4n) is 1.85. The Morgan fingerprint density at radius 3 is 2.25 bits per heavy atom. The number of carbonyl (C=O) groups excluding carboxylic acids is 4. The molecule has 0 aliphatic carbocycles. The van der Waals surface area contributed by atoms with Gasteiger partial charge in [-0.15, -0.1) is 0 Å². The molecule has 0 radical (unpaired) electrons. The fraction of sp³-hybridized carbons (Fsp3) is 0.733. The van der Waals surface area contributed by atoms with Crippen LogP contribution in [-0.4, -0.2) is 63.6 Å². The Hall–Kier alpha value is -2.00. The Bertz CT molecular complexity index is 440. The van der Waals surface area contributed by atoms with Gasteiger partial charge < -0.3 is 25.3 Å². The van der Waals surface area contributed by atoms with Crippen LogP contribution in [-0.2, 0) is 33.4 Å². The van der Waals surface area contributed by atoms with Crippen molar-refractivity contribution < 1.29 is 33.4 Å². The van der Waals surface area contributed by atoms with Crippen molar-refractivity contribution in [3.05, 3.63) is 0 Å². The van der Waals surface area contributed by atoms with Crippen molar-refractivity contribution in [2.45, 2.75) is 32.2 Å². The van der Waals surface area contributed by atoms with Crippen molar-refractivity contribution in [1.29, 1.82) is 0 Å². The van der Waals surface area contributed by atoms with E-state index in [1.54, 1.807) is 0 Å².